The molecule has 0 amide bonds. The predicted molar refractivity (Wildman–Crippen MR) is 47.4 cm³/mol. The van der Waals surface area contributed by atoms with E-state index in [0.717, 1.165) is 9.88 Å². The van der Waals surface area contributed by atoms with Crippen LogP contribution in [-0.4, -0.2) is 16.1 Å². The SMILES string of the molecule is Cc1ncc(CC(C)C(=O)O)s1. The summed E-state index contributed by atoms with van der Waals surface area (Å²) in [5.74, 6) is -1.06. The van der Waals surface area contributed by atoms with E-state index in [0.29, 0.717) is 6.42 Å². The molecule has 1 aromatic heterocycles. The van der Waals surface area contributed by atoms with E-state index in [1.54, 1.807) is 24.5 Å². The molecule has 0 fully saturated rings. The molecule has 0 aliphatic heterocycles. The van der Waals surface area contributed by atoms with E-state index < -0.39 is 5.97 Å². The van der Waals surface area contributed by atoms with Crippen molar-refractivity contribution in [3.8, 4) is 0 Å². The van der Waals surface area contributed by atoms with Crippen LogP contribution in [0.2, 0.25) is 0 Å². The molecule has 1 N–H and O–H groups in total. The Bertz CT molecular complexity index is 282. The Morgan fingerprint density at radius 1 is 1.83 bits per heavy atom. The molecule has 1 heterocycles. The van der Waals surface area contributed by atoms with Gasteiger partial charge in [-0.1, -0.05) is 6.92 Å². The van der Waals surface area contributed by atoms with Gasteiger partial charge in [0.05, 0.1) is 10.9 Å². The Balaban J connectivity index is 2.58. The normalized spacial score (nSPS) is 12.8. The maximum atomic E-state index is 10.5. The first-order valence-corrected chi connectivity index (χ1v) is 4.55. The predicted octanol–water partition coefficient (Wildman–Crippen LogP) is 1.71. The van der Waals surface area contributed by atoms with Gasteiger partial charge in [0.25, 0.3) is 0 Å². The van der Waals surface area contributed by atoms with Gasteiger partial charge in [-0.25, -0.2) is 4.98 Å². The van der Waals surface area contributed by atoms with Crippen LogP contribution in [0.3, 0.4) is 0 Å². The third-order valence-electron chi connectivity index (χ3n) is 1.60. The average molecular weight is 185 g/mol. The number of carboxylic acid groups (broad SMARTS) is 1. The largest absolute Gasteiger partial charge is 0.481 e. The molecule has 0 saturated carbocycles. The minimum Gasteiger partial charge on any atom is -0.481 e. The molecular weight excluding hydrogens is 174 g/mol. The summed E-state index contributed by atoms with van der Waals surface area (Å²) >= 11 is 1.56. The summed E-state index contributed by atoms with van der Waals surface area (Å²) in [6.45, 7) is 3.62. The summed E-state index contributed by atoms with van der Waals surface area (Å²) in [6.07, 6.45) is 2.33. The second-order valence-electron chi connectivity index (χ2n) is 2.79. The van der Waals surface area contributed by atoms with Crippen LogP contribution < -0.4 is 0 Å². The van der Waals surface area contributed by atoms with Gasteiger partial charge < -0.3 is 5.11 Å². The van der Waals surface area contributed by atoms with Gasteiger partial charge in [0.2, 0.25) is 0 Å². The molecule has 1 unspecified atom stereocenters. The molecule has 0 aliphatic carbocycles. The van der Waals surface area contributed by atoms with Gasteiger partial charge in [0.1, 0.15) is 0 Å². The van der Waals surface area contributed by atoms with Crippen molar-refractivity contribution in [2.75, 3.05) is 0 Å². The van der Waals surface area contributed by atoms with Crippen LogP contribution in [0, 0.1) is 12.8 Å². The zero-order valence-electron chi connectivity index (χ0n) is 7.07. The number of hydrogen-bond donors (Lipinski definition) is 1. The summed E-state index contributed by atoms with van der Waals surface area (Å²) in [5, 5.41) is 9.62. The van der Waals surface area contributed by atoms with Gasteiger partial charge in [0, 0.05) is 11.1 Å². The van der Waals surface area contributed by atoms with Gasteiger partial charge >= 0.3 is 5.97 Å². The van der Waals surface area contributed by atoms with Gasteiger partial charge in [-0.3, -0.25) is 4.79 Å². The first-order chi connectivity index (χ1) is 5.59. The molecule has 0 saturated heterocycles. The number of aryl methyl sites for hydroxylation is 1. The van der Waals surface area contributed by atoms with Crippen LogP contribution in [0.5, 0.6) is 0 Å². The van der Waals surface area contributed by atoms with Crippen LogP contribution in [-0.2, 0) is 11.2 Å². The smallest absolute Gasteiger partial charge is 0.306 e. The quantitative estimate of drug-likeness (QED) is 0.780. The molecule has 12 heavy (non-hydrogen) atoms. The lowest BCUT2D eigenvalue weighted by molar-refractivity contribution is -0.141. The Morgan fingerprint density at radius 2 is 2.50 bits per heavy atom. The van der Waals surface area contributed by atoms with E-state index in [2.05, 4.69) is 4.98 Å². The van der Waals surface area contributed by atoms with E-state index in [-0.39, 0.29) is 5.92 Å². The highest BCUT2D eigenvalue weighted by Crippen LogP contribution is 2.15. The number of aromatic nitrogens is 1. The van der Waals surface area contributed by atoms with E-state index in [1.807, 2.05) is 6.92 Å². The second kappa shape index (κ2) is 3.67. The zero-order chi connectivity index (χ0) is 9.14. The highest BCUT2D eigenvalue weighted by atomic mass is 32.1. The van der Waals surface area contributed by atoms with Crippen LogP contribution in [0.1, 0.15) is 16.8 Å². The van der Waals surface area contributed by atoms with Crippen molar-refractivity contribution in [1.29, 1.82) is 0 Å². The van der Waals surface area contributed by atoms with Crippen molar-refractivity contribution < 1.29 is 9.90 Å². The van der Waals surface area contributed by atoms with Crippen molar-refractivity contribution in [1.82, 2.24) is 4.98 Å². The van der Waals surface area contributed by atoms with Gasteiger partial charge in [-0.15, -0.1) is 11.3 Å². The number of carbonyl (C=O) groups is 1. The molecule has 0 aliphatic rings. The molecule has 0 radical (unpaired) electrons. The number of nitrogens with zero attached hydrogens (tertiary/aromatic N) is 1. The van der Waals surface area contributed by atoms with E-state index in [4.69, 9.17) is 5.11 Å². The van der Waals surface area contributed by atoms with Crippen molar-refractivity contribution in [3.05, 3.63) is 16.1 Å². The summed E-state index contributed by atoms with van der Waals surface area (Å²) < 4.78 is 0. The molecule has 66 valence electrons. The minimum atomic E-state index is -0.749. The lowest BCUT2D eigenvalue weighted by atomic mass is 10.1. The lowest BCUT2D eigenvalue weighted by Crippen LogP contribution is -2.11. The maximum Gasteiger partial charge on any atom is 0.306 e. The van der Waals surface area contributed by atoms with Crippen molar-refractivity contribution >= 4 is 17.3 Å². The monoisotopic (exact) mass is 185 g/mol. The van der Waals surface area contributed by atoms with Gasteiger partial charge in [-0.2, -0.15) is 0 Å². The molecular formula is C8H11NO2S. The van der Waals surface area contributed by atoms with Crippen molar-refractivity contribution in [2.24, 2.45) is 5.92 Å². The van der Waals surface area contributed by atoms with Gasteiger partial charge in [0.15, 0.2) is 0 Å². The number of carboxylic acids is 1. The van der Waals surface area contributed by atoms with Gasteiger partial charge in [-0.05, 0) is 13.3 Å². The molecule has 0 bridgehead atoms. The molecule has 3 nitrogen and oxygen atoms in total. The molecule has 1 atom stereocenters. The van der Waals surface area contributed by atoms with E-state index in [9.17, 15) is 4.79 Å². The molecule has 1 aromatic rings. The van der Waals surface area contributed by atoms with E-state index in [1.165, 1.54) is 0 Å². The minimum absolute atomic E-state index is 0.315. The number of aliphatic carboxylic acids is 1. The fraction of sp³-hybridized carbons (Fsp3) is 0.500. The molecule has 0 aromatic carbocycles. The second-order valence-corrected chi connectivity index (χ2v) is 4.11. The summed E-state index contributed by atoms with van der Waals surface area (Å²) in [5.41, 5.74) is 0. The Kier molecular flexibility index (Phi) is 2.81. The third-order valence-corrected chi connectivity index (χ3v) is 2.53. The first-order valence-electron chi connectivity index (χ1n) is 3.73. The Labute approximate surface area is 75.1 Å². The average Bonchev–Trinajstić information content (AvgIpc) is 2.35. The highest BCUT2D eigenvalue weighted by molar-refractivity contribution is 7.11. The van der Waals surface area contributed by atoms with Crippen LogP contribution in [0.15, 0.2) is 6.20 Å². The third kappa shape index (κ3) is 2.30. The fourth-order valence-corrected chi connectivity index (χ4v) is 1.81. The van der Waals surface area contributed by atoms with Crippen molar-refractivity contribution in [3.63, 3.8) is 0 Å². The lowest BCUT2D eigenvalue weighted by Gasteiger charge is -2.01. The van der Waals surface area contributed by atoms with Crippen LogP contribution in [0.4, 0.5) is 0 Å². The standard InChI is InChI=1S/C8H11NO2S/c1-5(8(10)11)3-7-4-9-6(2)12-7/h4-5H,3H2,1-2H3,(H,10,11). The zero-order valence-corrected chi connectivity index (χ0v) is 7.89. The first kappa shape index (κ1) is 9.19. The topological polar surface area (TPSA) is 50.2 Å². The Morgan fingerprint density at radius 3 is 2.92 bits per heavy atom. The van der Waals surface area contributed by atoms with Crippen LogP contribution in [0.25, 0.3) is 0 Å². The Hall–Kier alpha value is -0.900. The number of hydrogen-bond acceptors (Lipinski definition) is 3. The number of rotatable bonds is 3. The van der Waals surface area contributed by atoms with Crippen LogP contribution >= 0.6 is 11.3 Å². The highest BCUT2D eigenvalue weighted by Gasteiger charge is 2.12. The number of thiazole rings is 1. The summed E-state index contributed by atoms with van der Waals surface area (Å²) in [7, 11) is 0. The summed E-state index contributed by atoms with van der Waals surface area (Å²) in [4.78, 5) is 15.6. The summed E-state index contributed by atoms with van der Waals surface area (Å²) in [6, 6.07) is 0. The molecule has 0 spiro atoms. The van der Waals surface area contributed by atoms with E-state index >= 15 is 0 Å². The fourth-order valence-electron chi connectivity index (χ4n) is 0.889. The maximum absolute atomic E-state index is 10.5. The molecule has 1 rings (SSSR count). The molecule has 4 heteroatoms. The van der Waals surface area contributed by atoms with Crippen molar-refractivity contribution in [2.45, 2.75) is 20.3 Å².